The summed E-state index contributed by atoms with van der Waals surface area (Å²) in [7, 11) is 3.54. The first-order valence-electron chi connectivity index (χ1n) is 9.97. The fourth-order valence-electron chi connectivity index (χ4n) is 3.04. The van der Waals surface area contributed by atoms with Crippen molar-refractivity contribution in [1.29, 1.82) is 0 Å². The van der Waals surface area contributed by atoms with Crippen LogP contribution in [0.15, 0.2) is 35.1 Å². The maximum atomic E-state index is 14.5. The second-order valence-corrected chi connectivity index (χ2v) is 8.91. The number of hydrogen-bond acceptors (Lipinski definition) is 8. The summed E-state index contributed by atoms with van der Waals surface area (Å²) < 4.78 is 20.6. The minimum Gasteiger partial charge on any atom is -0.485 e. The van der Waals surface area contributed by atoms with Gasteiger partial charge in [0.1, 0.15) is 18.8 Å². The molecule has 3 aromatic rings. The third-order valence-corrected chi connectivity index (χ3v) is 5.82. The van der Waals surface area contributed by atoms with Gasteiger partial charge in [0.2, 0.25) is 5.91 Å². The molecule has 10 nitrogen and oxygen atoms in total. The molecule has 0 saturated carbocycles. The molecule has 180 valence electrons. The smallest absolute Gasteiger partial charge is 0.311 e. The zero-order valence-electron chi connectivity index (χ0n) is 18.4. The normalized spacial score (nSPS) is 12.0. The Kier molecular flexibility index (Phi) is 8.18. The predicted octanol–water partition coefficient (Wildman–Crippen LogP) is 4.28. The molecule has 3 rings (SSSR count). The number of hydrogen-bond donors (Lipinski definition) is 2. The molecule has 0 fully saturated rings. The minimum atomic E-state index is -0.706. The van der Waals surface area contributed by atoms with E-state index in [1.807, 2.05) is 0 Å². The Hall–Kier alpha value is -3.09. The van der Waals surface area contributed by atoms with E-state index in [1.54, 1.807) is 32.0 Å². The number of nitro groups is 1. The van der Waals surface area contributed by atoms with Crippen LogP contribution in [0, 0.1) is 15.9 Å². The number of anilines is 2. The Morgan fingerprint density at radius 2 is 2.09 bits per heavy atom. The molecule has 1 aromatic heterocycles. The van der Waals surface area contributed by atoms with Gasteiger partial charge in [-0.1, -0.05) is 11.6 Å². The van der Waals surface area contributed by atoms with Gasteiger partial charge in [0, 0.05) is 16.6 Å². The summed E-state index contributed by atoms with van der Waals surface area (Å²) in [5, 5.41) is 17.5. The summed E-state index contributed by atoms with van der Waals surface area (Å²) in [5.41, 5.74) is 0.0518. The molecule has 1 amide bonds. The van der Waals surface area contributed by atoms with Crippen LogP contribution in [-0.4, -0.2) is 59.0 Å². The van der Waals surface area contributed by atoms with E-state index in [9.17, 15) is 19.3 Å². The highest BCUT2D eigenvalue weighted by molar-refractivity contribution is 9.10. The van der Waals surface area contributed by atoms with Gasteiger partial charge >= 0.3 is 5.69 Å². The Balaban J connectivity index is 1.88. The van der Waals surface area contributed by atoms with Crippen molar-refractivity contribution in [3.63, 3.8) is 0 Å². The molecule has 0 spiro atoms. The zero-order chi connectivity index (χ0) is 25.0. The first-order valence-corrected chi connectivity index (χ1v) is 11.1. The number of likely N-dealkylation sites (N-methyl/N-ethyl adjacent to an activating group) is 1. The van der Waals surface area contributed by atoms with E-state index in [1.165, 1.54) is 24.5 Å². The van der Waals surface area contributed by atoms with Crippen LogP contribution in [0.5, 0.6) is 5.75 Å². The second kappa shape index (κ2) is 10.9. The summed E-state index contributed by atoms with van der Waals surface area (Å²) in [6, 6.07) is 5.27. The number of nitro benzene ring substituents is 1. The SMILES string of the molecule is CC(COc1cc2ncnc(Nc3ccc(Br)c(Cl)c3F)c2cc1[N+](=O)[O-])NC(=O)CN(C)C. The van der Waals surface area contributed by atoms with E-state index in [0.717, 1.165) is 0 Å². The van der Waals surface area contributed by atoms with Gasteiger partial charge in [-0.05, 0) is 49.1 Å². The summed E-state index contributed by atoms with van der Waals surface area (Å²) in [6.07, 6.45) is 1.24. The van der Waals surface area contributed by atoms with Crippen LogP contribution < -0.4 is 15.4 Å². The molecule has 13 heteroatoms. The lowest BCUT2D eigenvalue weighted by Crippen LogP contribution is -2.41. The first kappa shape index (κ1) is 25.5. The van der Waals surface area contributed by atoms with Crippen LogP contribution in [0.2, 0.25) is 5.02 Å². The van der Waals surface area contributed by atoms with Gasteiger partial charge in [0.15, 0.2) is 11.6 Å². The Bertz CT molecular complexity index is 1250. The van der Waals surface area contributed by atoms with Crippen molar-refractivity contribution < 1.29 is 18.8 Å². The lowest BCUT2D eigenvalue weighted by atomic mass is 10.2. The number of ether oxygens (including phenoxy) is 1. The molecule has 0 radical (unpaired) electrons. The fourth-order valence-corrected chi connectivity index (χ4v) is 3.52. The average Bonchev–Trinajstić information content (AvgIpc) is 2.76. The van der Waals surface area contributed by atoms with Gasteiger partial charge in [-0.2, -0.15) is 0 Å². The van der Waals surface area contributed by atoms with Gasteiger partial charge in [0.25, 0.3) is 0 Å². The van der Waals surface area contributed by atoms with E-state index >= 15 is 0 Å². The number of halogens is 3. The molecule has 0 saturated heterocycles. The lowest BCUT2D eigenvalue weighted by molar-refractivity contribution is -0.385. The molecule has 0 aliphatic carbocycles. The van der Waals surface area contributed by atoms with E-state index in [0.29, 0.717) is 9.99 Å². The Morgan fingerprint density at radius 3 is 2.76 bits per heavy atom. The molecule has 0 bridgehead atoms. The van der Waals surface area contributed by atoms with Gasteiger partial charge < -0.3 is 20.3 Å². The lowest BCUT2D eigenvalue weighted by Gasteiger charge is -2.17. The second-order valence-electron chi connectivity index (χ2n) is 7.68. The molecule has 1 atom stereocenters. The number of carbonyl (C=O) groups is 1. The van der Waals surface area contributed by atoms with Crippen molar-refractivity contribution in [2.75, 3.05) is 32.6 Å². The number of rotatable bonds is 9. The highest BCUT2D eigenvalue weighted by Crippen LogP contribution is 2.36. The van der Waals surface area contributed by atoms with Gasteiger partial charge in [-0.3, -0.25) is 14.9 Å². The quantitative estimate of drug-likeness (QED) is 0.228. The molecule has 34 heavy (non-hydrogen) atoms. The molecule has 1 heterocycles. The summed E-state index contributed by atoms with van der Waals surface area (Å²) in [4.78, 5) is 33.0. The summed E-state index contributed by atoms with van der Waals surface area (Å²) in [6.45, 7) is 1.93. The number of fused-ring (bicyclic) bond motifs is 1. The van der Waals surface area contributed by atoms with Crippen LogP contribution in [0.25, 0.3) is 10.9 Å². The van der Waals surface area contributed by atoms with Crippen LogP contribution in [-0.2, 0) is 4.79 Å². The van der Waals surface area contributed by atoms with Crippen molar-refractivity contribution in [1.82, 2.24) is 20.2 Å². The molecule has 0 aliphatic heterocycles. The highest BCUT2D eigenvalue weighted by Gasteiger charge is 2.21. The standard InChI is InChI=1S/C21H21BrClFN6O4/c1-11(27-18(31)8-29(2)3)9-34-17-7-15-12(6-16(17)30(32)33)21(26-10-25-15)28-14-5-4-13(22)19(23)20(14)24/h4-7,10-11H,8-9H2,1-3H3,(H,27,31)(H,25,26,28). The minimum absolute atomic E-state index is 0.00428. The molecular weight excluding hydrogens is 535 g/mol. The van der Waals surface area contributed by atoms with Crippen molar-refractivity contribution >= 4 is 61.5 Å². The maximum Gasteiger partial charge on any atom is 0.311 e. The predicted molar refractivity (Wildman–Crippen MR) is 130 cm³/mol. The number of benzene rings is 2. The monoisotopic (exact) mass is 554 g/mol. The zero-order valence-corrected chi connectivity index (χ0v) is 20.8. The van der Waals surface area contributed by atoms with Crippen molar-refractivity contribution in [3.05, 3.63) is 56.0 Å². The van der Waals surface area contributed by atoms with Crippen molar-refractivity contribution in [2.24, 2.45) is 0 Å². The van der Waals surface area contributed by atoms with Gasteiger partial charge in [-0.25, -0.2) is 14.4 Å². The number of amides is 1. The third-order valence-electron chi connectivity index (χ3n) is 4.56. The van der Waals surface area contributed by atoms with E-state index in [-0.39, 0.29) is 52.4 Å². The van der Waals surface area contributed by atoms with Gasteiger partial charge in [-0.15, -0.1) is 0 Å². The molecule has 1 unspecified atom stereocenters. The van der Waals surface area contributed by atoms with Crippen LogP contribution in [0.1, 0.15) is 6.92 Å². The largest absolute Gasteiger partial charge is 0.485 e. The van der Waals surface area contributed by atoms with E-state index in [2.05, 4.69) is 36.5 Å². The Labute approximate surface area is 207 Å². The Morgan fingerprint density at radius 1 is 1.35 bits per heavy atom. The molecule has 2 N–H and O–H groups in total. The fraction of sp³-hybridized carbons (Fsp3) is 0.286. The topological polar surface area (TPSA) is 123 Å². The van der Waals surface area contributed by atoms with Crippen LogP contribution in [0.3, 0.4) is 0 Å². The van der Waals surface area contributed by atoms with Gasteiger partial charge in [0.05, 0.1) is 39.1 Å². The first-order chi connectivity index (χ1) is 16.1. The van der Waals surface area contributed by atoms with Crippen molar-refractivity contribution in [3.8, 4) is 5.75 Å². The van der Waals surface area contributed by atoms with Crippen molar-refractivity contribution in [2.45, 2.75) is 13.0 Å². The average molecular weight is 556 g/mol. The molecule has 2 aromatic carbocycles. The molecular formula is C21H21BrClFN6O4. The van der Waals surface area contributed by atoms with Crippen LogP contribution >= 0.6 is 27.5 Å². The number of nitrogens with zero attached hydrogens (tertiary/aromatic N) is 4. The summed E-state index contributed by atoms with van der Waals surface area (Å²) >= 11 is 9.09. The third kappa shape index (κ3) is 6.07. The number of carbonyl (C=O) groups excluding carboxylic acids is 1. The maximum absolute atomic E-state index is 14.5. The molecule has 0 aliphatic rings. The number of aromatic nitrogens is 2. The van der Waals surface area contributed by atoms with E-state index in [4.69, 9.17) is 16.3 Å². The summed E-state index contributed by atoms with van der Waals surface area (Å²) in [5.74, 6) is -0.768. The van der Waals surface area contributed by atoms with E-state index < -0.39 is 16.8 Å². The highest BCUT2D eigenvalue weighted by atomic mass is 79.9. The van der Waals surface area contributed by atoms with Crippen LogP contribution in [0.4, 0.5) is 21.6 Å². The number of nitrogens with one attached hydrogen (secondary N) is 2.